The summed E-state index contributed by atoms with van der Waals surface area (Å²) in [6.07, 6.45) is 0. The van der Waals surface area contributed by atoms with E-state index in [1.54, 1.807) is 0 Å². The van der Waals surface area contributed by atoms with E-state index < -0.39 is 3.64 Å². The van der Waals surface area contributed by atoms with E-state index >= 15 is 0 Å². The molecule has 0 nitrogen and oxygen atoms in total. The van der Waals surface area contributed by atoms with E-state index in [0.29, 0.717) is 0 Å². The van der Waals surface area contributed by atoms with E-state index in [-0.39, 0.29) is 0 Å². The van der Waals surface area contributed by atoms with Crippen molar-refractivity contribution in [3.8, 4) is 0 Å². The lowest BCUT2D eigenvalue weighted by molar-refractivity contribution is 5.26. The molecule has 0 aromatic carbocycles. The topological polar surface area (TPSA) is 0 Å². The van der Waals surface area contributed by atoms with Gasteiger partial charge in [0.15, 0.2) is 0 Å². The van der Waals surface area contributed by atoms with Gasteiger partial charge in [0.2, 0.25) is 0 Å². The van der Waals surface area contributed by atoms with Crippen molar-refractivity contribution in [1.82, 2.24) is 0 Å². The van der Waals surface area contributed by atoms with Gasteiger partial charge in [-0.25, -0.2) is 0 Å². The van der Waals surface area contributed by atoms with Crippen LogP contribution in [0.25, 0.3) is 0 Å². The van der Waals surface area contributed by atoms with E-state index in [1.807, 2.05) is 0 Å². The zero-order valence-corrected chi connectivity index (χ0v) is 6.24. The van der Waals surface area contributed by atoms with Crippen LogP contribution in [0.4, 0.5) is 0 Å². The van der Waals surface area contributed by atoms with Crippen molar-refractivity contribution in [3.05, 3.63) is 0 Å². The lowest BCUT2D eigenvalue weighted by Crippen LogP contribution is -1.49. The van der Waals surface area contributed by atoms with Gasteiger partial charge in [-0.1, -0.05) is 0 Å². The highest BCUT2D eigenvalue weighted by molar-refractivity contribution is 9.03. The Morgan fingerprint density at radius 3 is 1.20 bits per heavy atom. The predicted molar refractivity (Wildman–Crippen MR) is 36.4 cm³/mol. The van der Waals surface area contributed by atoms with Gasteiger partial charge in [-0.15, -0.1) is 0 Å². The molecule has 0 amide bonds. The first-order valence-corrected chi connectivity index (χ1v) is 6.57. The normalized spacial score (nSPS) is 11.8. The average molecular weight is 159 g/mol. The highest BCUT2D eigenvalue weighted by Gasteiger charge is 1.32. The second-order valence-corrected chi connectivity index (χ2v) is 12.1. The van der Waals surface area contributed by atoms with E-state index in [0.717, 1.165) is 0 Å². The fourth-order valence-corrected chi connectivity index (χ4v) is 0. The molecule has 5 heteroatoms. The summed E-state index contributed by atoms with van der Waals surface area (Å²) in [5.41, 5.74) is 0. The molecule has 0 heterocycles. The van der Waals surface area contributed by atoms with E-state index in [4.69, 9.17) is 0 Å². The lowest BCUT2D eigenvalue weighted by atomic mass is 29.6. The minimum Gasteiger partial charge on any atom is -0.794 e. The number of rotatable bonds is 0. The molecule has 0 saturated carbocycles. The van der Waals surface area contributed by atoms with Gasteiger partial charge in [0.1, 0.15) is 0 Å². The van der Waals surface area contributed by atoms with Crippen molar-refractivity contribution >= 4 is 52.2 Å². The predicted octanol–water partition coefficient (Wildman–Crippen LogP) is 0.852. The third-order valence-corrected chi connectivity index (χ3v) is 0. The van der Waals surface area contributed by atoms with Gasteiger partial charge in [0, 0.05) is 0 Å². The Balaban J connectivity index is 3.47. The maximum Gasteiger partial charge on any atom is -0.177 e. The van der Waals surface area contributed by atoms with E-state index in [1.165, 1.54) is 0 Å². The second-order valence-electron chi connectivity index (χ2n) is 0.447. The maximum absolute atomic E-state index is 4.38. The first-order valence-electron chi connectivity index (χ1n) is 0.730. The van der Waals surface area contributed by atoms with Crippen LogP contribution >= 0.6 is 3.64 Å². The summed E-state index contributed by atoms with van der Waals surface area (Å²) < 4.78 is -2.06. The first kappa shape index (κ1) is 6.70. The molecule has 0 saturated heterocycles. The molecule has 0 aliphatic carbocycles. The summed E-state index contributed by atoms with van der Waals surface area (Å²) in [7, 11) is 0. The molecule has 0 rings (SSSR count). The summed E-state index contributed by atoms with van der Waals surface area (Å²) in [5.74, 6) is 0. The molecule has 0 aliphatic rings. The third-order valence-electron chi connectivity index (χ3n) is 0. The standard InChI is InChI=1S/H3PS4/c2-1(3,4)5/h(H3,2,3,4,5)/p-3. The van der Waals surface area contributed by atoms with Crippen LogP contribution in [0, 0.1) is 0 Å². The molecule has 0 spiro atoms. The van der Waals surface area contributed by atoms with Crippen molar-refractivity contribution in [2.24, 2.45) is 0 Å². The molecule has 0 aromatic rings. The van der Waals surface area contributed by atoms with Gasteiger partial charge in [-0.3, -0.25) is 0 Å². The van der Waals surface area contributed by atoms with Crippen LogP contribution in [-0.4, -0.2) is 0 Å². The zero-order chi connectivity index (χ0) is 4.50. The highest BCUT2D eigenvalue weighted by atomic mass is 33.5. The van der Waals surface area contributed by atoms with Gasteiger partial charge < -0.3 is 40.4 Å². The molecule has 0 aromatic heterocycles. The Kier molecular flexibility index (Phi) is 2.85. The molecule has 0 radical (unpaired) electrons. The molecule has 0 bridgehead atoms. The zero-order valence-electron chi connectivity index (χ0n) is 2.08. The monoisotopic (exact) mass is 159 g/mol. The Morgan fingerprint density at radius 1 is 1.20 bits per heavy atom. The molecular weight excluding hydrogens is 159 g/mol. The summed E-state index contributed by atoms with van der Waals surface area (Å²) in [6, 6.07) is 0. The fourth-order valence-electron chi connectivity index (χ4n) is 0. The van der Waals surface area contributed by atoms with Gasteiger partial charge in [-0.05, 0) is 0 Å². The summed E-state index contributed by atoms with van der Waals surface area (Å²) in [5, 5.41) is 0. The minimum atomic E-state index is -2.06. The van der Waals surface area contributed by atoms with Crippen LogP contribution in [-0.2, 0) is 48.6 Å². The molecule has 0 N–H and O–H groups in total. The van der Waals surface area contributed by atoms with Crippen molar-refractivity contribution in [2.45, 2.75) is 0 Å². The summed E-state index contributed by atoms with van der Waals surface area (Å²) >= 11 is 17.5. The fraction of sp³-hybridized carbons (Fsp3) is 0. The Labute approximate surface area is 52.2 Å². The highest BCUT2D eigenvalue weighted by Crippen LogP contribution is 2.35. The van der Waals surface area contributed by atoms with Gasteiger partial charge in [-0.2, -0.15) is 11.8 Å². The minimum absolute atomic E-state index is 2.06. The van der Waals surface area contributed by atoms with Crippen molar-refractivity contribution < 1.29 is 0 Å². The Bertz CT molecular complexity index is 49.8. The van der Waals surface area contributed by atoms with Crippen molar-refractivity contribution in [2.75, 3.05) is 0 Å². The Morgan fingerprint density at radius 2 is 1.20 bits per heavy atom. The molecule has 0 unspecified atom stereocenters. The second kappa shape index (κ2) is 2.12. The largest absolute Gasteiger partial charge is 0.794 e. The van der Waals surface area contributed by atoms with Crippen LogP contribution in [0.5, 0.6) is 0 Å². The smallest absolute Gasteiger partial charge is 0.177 e. The lowest BCUT2D eigenvalue weighted by Gasteiger charge is -2.46. The molecule has 0 aliphatic heterocycles. The third kappa shape index (κ3) is 27.0. The van der Waals surface area contributed by atoms with Gasteiger partial charge in [0.05, 0.1) is 0 Å². The summed E-state index contributed by atoms with van der Waals surface area (Å²) in [4.78, 5) is 0. The van der Waals surface area contributed by atoms with Crippen molar-refractivity contribution in [1.29, 1.82) is 0 Å². The Hall–Kier alpha value is 1.70. The molecule has 5 heavy (non-hydrogen) atoms. The van der Waals surface area contributed by atoms with Crippen LogP contribution in [0.1, 0.15) is 0 Å². The summed E-state index contributed by atoms with van der Waals surface area (Å²) in [6.45, 7) is 0. The van der Waals surface area contributed by atoms with Gasteiger partial charge >= 0.3 is 0 Å². The molecule has 0 fully saturated rings. The van der Waals surface area contributed by atoms with Crippen LogP contribution in [0.15, 0.2) is 0 Å². The maximum atomic E-state index is 4.38. The SMILES string of the molecule is S=P([S-])([S-])[S-]. The van der Waals surface area contributed by atoms with Crippen LogP contribution in [0.3, 0.4) is 0 Å². The molecule has 0 atom stereocenters. The van der Waals surface area contributed by atoms with E-state index in [2.05, 4.69) is 48.6 Å². The average Bonchev–Trinajstić information content (AvgIpc) is 0.722. The van der Waals surface area contributed by atoms with Gasteiger partial charge in [0.25, 0.3) is 0 Å². The number of hydrogen-bond donors (Lipinski definition) is 0. The van der Waals surface area contributed by atoms with Crippen molar-refractivity contribution in [3.63, 3.8) is 0 Å². The first-order chi connectivity index (χ1) is 2.00. The van der Waals surface area contributed by atoms with Crippen LogP contribution in [0.2, 0.25) is 0 Å². The molecular formula is PS4-3. The van der Waals surface area contributed by atoms with Crippen LogP contribution < -0.4 is 0 Å². The number of hydrogen-bond acceptors (Lipinski definition) is 4. The quantitative estimate of drug-likeness (QED) is 0.379. The van der Waals surface area contributed by atoms with E-state index in [9.17, 15) is 0 Å². The molecule has 32 valence electrons.